The van der Waals surface area contributed by atoms with E-state index in [-0.39, 0.29) is 11.5 Å². The molecule has 6 rings (SSSR count). The molecule has 1 saturated heterocycles. The van der Waals surface area contributed by atoms with E-state index in [4.69, 9.17) is 10.7 Å². The zero-order valence-corrected chi connectivity index (χ0v) is 17.0. The molecule has 2 aliphatic rings. The zero-order valence-electron chi connectivity index (χ0n) is 17.0. The van der Waals surface area contributed by atoms with Crippen molar-refractivity contribution < 1.29 is 0 Å². The minimum absolute atomic E-state index is 0.182. The van der Waals surface area contributed by atoms with Crippen molar-refractivity contribution >= 4 is 22.5 Å². The van der Waals surface area contributed by atoms with Gasteiger partial charge >= 0.3 is 0 Å². The Morgan fingerprint density at radius 2 is 1.83 bits per heavy atom. The summed E-state index contributed by atoms with van der Waals surface area (Å²) in [6.45, 7) is 3.83. The highest BCUT2D eigenvalue weighted by Gasteiger charge is 2.54. The third kappa shape index (κ3) is 2.28. The van der Waals surface area contributed by atoms with Crippen molar-refractivity contribution in [3.05, 3.63) is 65.7 Å². The van der Waals surface area contributed by atoms with E-state index in [1.165, 1.54) is 12.8 Å². The molecule has 2 N–H and O–H groups in total. The van der Waals surface area contributed by atoms with E-state index in [1.807, 2.05) is 31.2 Å². The fourth-order valence-corrected chi connectivity index (χ4v) is 5.21. The quantitative estimate of drug-likeness (QED) is 0.552. The molecule has 1 saturated carbocycles. The van der Waals surface area contributed by atoms with Crippen molar-refractivity contribution in [1.29, 1.82) is 5.26 Å². The van der Waals surface area contributed by atoms with Gasteiger partial charge in [-0.05, 0) is 43.0 Å². The average molecular weight is 393 g/mol. The van der Waals surface area contributed by atoms with Gasteiger partial charge in [0.05, 0.1) is 16.6 Å². The smallest absolute Gasteiger partial charge is 0.157 e. The number of fused-ring (bicyclic) bond motifs is 3. The molecule has 148 valence electrons. The Morgan fingerprint density at radius 3 is 2.53 bits per heavy atom. The number of rotatable bonds is 2. The first-order chi connectivity index (χ1) is 14.6. The lowest BCUT2D eigenvalue weighted by molar-refractivity contribution is 0.499. The normalized spacial score (nSPS) is 19.6. The van der Waals surface area contributed by atoms with Gasteiger partial charge in [0.2, 0.25) is 0 Å². The summed E-state index contributed by atoms with van der Waals surface area (Å²) in [5, 5.41) is 10.1. The van der Waals surface area contributed by atoms with E-state index in [0.29, 0.717) is 5.56 Å². The van der Waals surface area contributed by atoms with E-state index in [2.05, 4.69) is 45.7 Å². The number of aromatic nitrogens is 2. The second-order valence-electron chi connectivity index (χ2n) is 8.79. The second-order valence-corrected chi connectivity index (χ2v) is 8.79. The van der Waals surface area contributed by atoms with E-state index in [9.17, 15) is 5.26 Å². The predicted octanol–water partition coefficient (Wildman–Crippen LogP) is 4.26. The molecule has 3 heterocycles. The molecule has 1 spiro atoms. The third-order valence-electron chi connectivity index (χ3n) is 7.05. The van der Waals surface area contributed by atoms with E-state index >= 15 is 0 Å². The second kappa shape index (κ2) is 6.07. The van der Waals surface area contributed by atoms with Gasteiger partial charge in [-0.2, -0.15) is 5.26 Å². The number of anilines is 1. The maximum atomic E-state index is 10.1. The van der Waals surface area contributed by atoms with Crippen LogP contribution in [-0.2, 0) is 0 Å². The average Bonchev–Trinajstić information content (AvgIpc) is 3.34. The van der Waals surface area contributed by atoms with Crippen LogP contribution in [0.3, 0.4) is 0 Å². The summed E-state index contributed by atoms with van der Waals surface area (Å²) in [6.07, 6.45) is 2.41. The number of imidazole rings is 1. The van der Waals surface area contributed by atoms with Crippen LogP contribution in [0.5, 0.6) is 0 Å². The van der Waals surface area contributed by atoms with Crippen LogP contribution >= 0.6 is 0 Å². The van der Waals surface area contributed by atoms with Crippen molar-refractivity contribution in [1.82, 2.24) is 9.38 Å². The Morgan fingerprint density at radius 1 is 1.10 bits per heavy atom. The minimum atomic E-state index is 0.182. The number of pyridine rings is 1. The summed E-state index contributed by atoms with van der Waals surface area (Å²) in [5.41, 5.74) is 13.4. The van der Waals surface area contributed by atoms with Gasteiger partial charge < -0.3 is 10.6 Å². The minimum Gasteiger partial charge on any atom is -0.355 e. The van der Waals surface area contributed by atoms with Gasteiger partial charge in [0, 0.05) is 30.1 Å². The molecule has 1 atom stereocenters. The molecule has 1 aliphatic carbocycles. The lowest BCUT2D eigenvalue weighted by atomic mass is 9.97. The lowest BCUT2D eigenvalue weighted by Gasteiger charge is -2.26. The Labute approximate surface area is 175 Å². The Bertz CT molecular complexity index is 1340. The van der Waals surface area contributed by atoms with Gasteiger partial charge in [-0.1, -0.05) is 42.5 Å². The molecule has 2 aromatic heterocycles. The standard InChI is InChI=1S/C25H23N5/c1-16-18(13-26)23-28-19-9-5-6-10-20(19)30(23)24(22(16)17-7-3-2-4-8-17)29-14-21(27)25(15-29)11-12-25/h2-10,21H,11-12,14-15,27H2,1H3/t21-/m1/s1. The third-order valence-corrected chi connectivity index (χ3v) is 7.05. The van der Waals surface area contributed by atoms with Crippen LogP contribution in [-0.4, -0.2) is 28.5 Å². The van der Waals surface area contributed by atoms with Crippen LogP contribution in [0, 0.1) is 23.7 Å². The number of hydrogen-bond acceptors (Lipinski definition) is 4. The maximum absolute atomic E-state index is 10.1. The van der Waals surface area contributed by atoms with Crippen molar-refractivity contribution in [2.75, 3.05) is 18.0 Å². The van der Waals surface area contributed by atoms with E-state index < -0.39 is 0 Å². The SMILES string of the molecule is Cc1c(-c2ccccc2)c(N2C[C@@H](N)C3(CC3)C2)n2c(nc3ccccc32)c1C#N. The first kappa shape index (κ1) is 17.5. The maximum Gasteiger partial charge on any atom is 0.157 e. The van der Waals surface area contributed by atoms with Gasteiger partial charge in [-0.25, -0.2) is 4.98 Å². The summed E-state index contributed by atoms with van der Waals surface area (Å²) in [6, 6.07) is 21.1. The summed E-state index contributed by atoms with van der Waals surface area (Å²) >= 11 is 0. The molecular formula is C25H23N5. The zero-order chi connectivity index (χ0) is 20.5. The largest absolute Gasteiger partial charge is 0.355 e. The molecule has 5 nitrogen and oxygen atoms in total. The molecule has 0 radical (unpaired) electrons. The number of hydrogen-bond donors (Lipinski definition) is 1. The predicted molar refractivity (Wildman–Crippen MR) is 119 cm³/mol. The van der Waals surface area contributed by atoms with Crippen molar-refractivity contribution in [2.24, 2.45) is 11.1 Å². The first-order valence-electron chi connectivity index (χ1n) is 10.5. The number of nitrogens with zero attached hydrogens (tertiary/aromatic N) is 4. The number of benzene rings is 2. The Kier molecular flexibility index (Phi) is 3.54. The molecule has 0 bridgehead atoms. The van der Waals surface area contributed by atoms with Gasteiger partial charge in [0.25, 0.3) is 0 Å². The highest BCUT2D eigenvalue weighted by Crippen LogP contribution is 2.54. The molecule has 0 unspecified atom stereocenters. The topological polar surface area (TPSA) is 70.3 Å². The Balaban J connectivity index is 1.76. The van der Waals surface area contributed by atoms with Crippen molar-refractivity contribution in [3.8, 4) is 17.2 Å². The molecule has 30 heavy (non-hydrogen) atoms. The fraction of sp³-hybridized carbons (Fsp3) is 0.280. The van der Waals surface area contributed by atoms with Gasteiger partial charge in [-0.15, -0.1) is 0 Å². The Hall–Kier alpha value is -3.36. The number of nitrogens with two attached hydrogens (primary N) is 1. The molecule has 2 fully saturated rings. The van der Waals surface area contributed by atoms with Crippen LogP contribution in [0.1, 0.15) is 24.0 Å². The van der Waals surface area contributed by atoms with E-state index in [1.54, 1.807) is 0 Å². The van der Waals surface area contributed by atoms with Crippen LogP contribution in [0.4, 0.5) is 5.82 Å². The molecular weight excluding hydrogens is 370 g/mol. The molecule has 1 aliphatic heterocycles. The van der Waals surface area contributed by atoms with Crippen LogP contribution in [0.25, 0.3) is 27.8 Å². The highest BCUT2D eigenvalue weighted by atomic mass is 15.3. The molecule has 2 aromatic carbocycles. The fourth-order valence-electron chi connectivity index (χ4n) is 5.21. The van der Waals surface area contributed by atoms with Crippen molar-refractivity contribution in [3.63, 3.8) is 0 Å². The summed E-state index contributed by atoms with van der Waals surface area (Å²) in [5.74, 6) is 1.11. The molecule has 4 aromatic rings. The highest BCUT2D eigenvalue weighted by molar-refractivity contribution is 5.92. The summed E-state index contributed by atoms with van der Waals surface area (Å²) < 4.78 is 2.19. The number of para-hydroxylation sites is 2. The molecule has 0 amide bonds. The summed E-state index contributed by atoms with van der Waals surface area (Å²) in [4.78, 5) is 7.31. The van der Waals surface area contributed by atoms with Gasteiger partial charge in [0.15, 0.2) is 5.65 Å². The van der Waals surface area contributed by atoms with Crippen LogP contribution in [0.2, 0.25) is 0 Å². The van der Waals surface area contributed by atoms with Crippen molar-refractivity contribution in [2.45, 2.75) is 25.8 Å². The first-order valence-corrected chi connectivity index (χ1v) is 10.5. The lowest BCUT2D eigenvalue weighted by Crippen LogP contribution is -2.31. The van der Waals surface area contributed by atoms with Crippen LogP contribution in [0.15, 0.2) is 54.6 Å². The van der Waals surface area contributed by atoms with Crippen LogP contribution < -0.4 is 10.6 Å². The van der Waals surface area contributed by atoms with E-state index in [0.717, 1.165) is 52.3 Å². The number of nitriles is 1. The van der Waals surface area contributed by atoms with Gasteiger partial charge in [-0.3, -0.25) is 4.40 Å². The monoisotopic (exact) mass is 393 g/mol. The summed E-state index contributed by atoms with van der Waals surface area (Å²) in [7, 11) is 0. The molecule has 5 heteroatoms. The van der Waals surface area contributed by atoms with Gasteiger partial charge in [0.1, 0.15) is 11.9 Å².